The van der Waals surface area contributed by atoms with Crippen LogP contribution in [0.15, 0.2) is 24.3 Å². The summed E-state index contributed by atoms with van der Waals surface area (Å²) < 4.78 is 11.7. The summed E-state index contributed by atoms with van der Waals surface area (Å²) >= 11 is 0. The minimum atomic E-state index is -0.497. The predicted octanol–water partition coefficient (Wildman–Crippen LogP) is 2.06. The largest absolute Gasteiger partial charge is 0.484 e. The van der Waals surface area contributed by atoms with Crippen molar-refractivity contribution in [2.45, 2.75) is 50.9 Å². The molecule has 0 aromatic heterocycles. The van der Waals surface area contributed by atoms with Gasteiger partial charge in [-0.15, -0.1) is 0 Å². The fourth-order valence-electron chi connectivity index (χ4n) is 2.86. The van der Waals surface area contributed by atoms with Crippen LogP contribution in [-0.2, 0) is 16.0 Å². The van der Waals surface area contributed by atoms with Crippen molar-refractivity contribution in [2.75, 3.05) is 6.54 Å². The van der Waals surface area contributed by atoms with Crippen LogP contribution in [0.25, 0.3) is 0 Å². The molecule has 1 aromatic carbocycles. The van der Waals surface area contributed by atoms with Crippen molar-refractivity contribution in [3.8, 4) is 5.75 Å². The molecular formula is C16H21NO3. The summed E-state index contributed by atoms with van der Waals surface area (Å²) in [6.07, 6.45) is 2.37. The molecule has 1 N–H and O–H groups in total. The van der Waals surface area contributed by atoms with Gasteiger partial charge in [0.05, 0.1) is 0 Å². The van der Waals surface area contributed by atoms with Gasteiger partial charge in [-0.05, 0) is 44.9 Å². The smallest absolute Gasteiger partial charge is 0.323 e. The second-order valence-corrected chi connectivity index (χ2v) is 6.09. The third-order valence-electron chi connectivity index (χ3n) is 4.13. The number of esters is 1. The summed E-state index contributed by atoms with van der Waals surface area (Å²) in [7, 11) is 0. The molecule has 1 unspecified atom stereocenters. The number of benzene rings is 1. The second kappa shape index (κ2) is 5.09. The molecule has 20 heavy (non-hydrogen) atoms. The molecule has 3 rings (SSSR count). The highest BCUT2D eigenvalue weighted by Crippen LogP contribution is 2.34. The van der Waals surface area contributed by atoms with Crippen LogP contribution in [0.4, 0.5) is 0 Å². The molecule has 0 radical (unpaired) electrons. The molecule has 0 spiro atoms. The minimum Gasteiger partial charge on any atom is -0.484 e. The van der Waals surface area contributed by atoms with Gasteiger partial charge in [0.2, 0.25) is 0 Å². The fourth-order valence-corrected chi connectivity index (χ4v) is 2.86. The summed E-state index contributed by atoms with van der Waals surface area (Å²) in [6, 6.07) is 7.79. The lowest BCUT2D eigenvalue weighted by Crippen LogP contribution is -2.50. The number of hydrogen-bond acceptors (Lipinski definition) is 4. The number of rotatable bonds is 2. The number of para-hydroxylation sites is 1. The standard InChI is InChI=1S/C16H21NO3/c1-16(2)14(19-15(18)12-7-5-9-17-12)10-11-6-3-4-8-13(11)20-16/h3-4,6,8,12,14,17H,5,7,9-10H2,1-2H3/t12-,14?/m0/s1. The highest BCUT2D eigenvalue weighted by molar-refractivity contribution is 5.76. The summed E-state index contributed by atoms with van der Waals surface area (Å²) in [5, 5.41) is 3.18. The highest BCUT2D eigenvalue weighted by Gasteiger charge is 2.40. The number of carbonyl (C=O) groups excluding carboxylic acids is 1. The molecule has 4 heteroatoms. The van der Waals surface area contributed by atoms with E-state index >= 15 is 0 Å². The van der Waals surface area contributed by atoms with E-state index in [2.05, 4.69) is 5.32 Å². The van der Waals surface area contributed by atoms with E-state index in [0.717, 1.165) is 30.7 Å². The van der Waals surface area contributed by atoms with E-state index in [0.29, 0.717) is 6.42 Å². The third kappa shape index (κ3) is 2.52. The van der Waals surface area contributed by atoms with Gasteiger partial charge in [-0.25, -0.2) is 0 Å². The number of ether oxygens (including phenoxy) is 2. The molecule has 0 bridgehead atoms. The first-order chi connectivity index (χ1) is 9.56. The van der Waals surface area contributed by atoms with Crippen LogP contribution < -0.4 is 10.1 Å². The van der Waals surface area contributed by atoms with Crippen LogP contribution >= 0.6 is 0 Å². The lowest BCUT2D eigenvalue weighted by molar-refractivity contribution is -0.163. The lowest BCUT2D eigenvalue weighted by Gasteiger charge is -2.39. The van der Waals surface area contributed by atoms with E-state index in [4.69, 9.17) is 9.47 Å². The first-order valence-corrected chi connectivity index (χ1v) is 7.27. The molecule has 2 atom stereocenters. The van der Waals surface area contributed by atoms with Crippen molar-refractivity contribution in [1.82, 2.24) is 5.32 Å². The zero-order chi connectivity index (χ0) is 14.2. The van der Waals surface area contributed by atoms with Gasteiger partial charge >= 0.3 is 5.97 Å². The molecule has 2 aliphatic heterocycles. The molecule has 4 nitrogen and oxygen atoms in total. The quantitative estimate of drug-likeness (QED) is 0.839. The Morgan fingerprint density at radius 2 is 2.20 bits per heavy atom. The predicted molar refractivity (Wildman–Crippen MR) is 75.8 cm³/mol. The highest BCUT2D eigenvalue weighted by atomic mass is 16.6. The number of fused-ring (bicyclic) bond motifs is 1. The average molecular weight is 275 g/mol. The Labute approximate surface area is 119 Å². The van der Waals surface area contributed by atoms with Gasteiger partial charge in [-0.2, -0.15) is 0 Å². The molecule has 2 heterocycles. The monoisotopic (exact) mass is 275 g/mol. The molecule has 0 saturated carbocycles. The summed E-state index contributed by atoms with van der Waals surface area (Å²) in [5.74, 6) is 0.743. The van der Waals surface area contributed by atoms with Crippen LogP contribution in [0.1, 0.15) is 32.3 Å². The number of carbonyl (C=O) groups is 1. The summed E-state index contributed by atoms with van der Waals surface area (Å²) in [5.41, 5.74) is 0.604. The minimum absolute atomic E-state index is 0.149. The zero-order valence-corrected chi connectivity index (χ0v) is 12.0. The van der Waals surface area contributed by atoms with Gasteiger partial charge in [-0.1, -0.05) is 18.2 Å². The summed E-state index contributed by atoms with van der Waals surface area (Å²) in [6.45, 7) is 4.85. The Morgan fingerprint density at radius 1 is 1.40 bits per heavy atom. The first-order valence-electron chi connectivity index (χ1n) is 7.27. The number of hydrogen-bond donors (Lipinski definition) is 1. The van der Waals surface area contributed by atoms with Crippen molar-refractivity contribution in [3.05, 3.63) is 29.8 Å². The maximum atomic E-state index is 12.2. The van der Waals surface area contributed by atoms with Crippen molar-refractivity contribution >= 4 is 5.97 Å². The molecular weight excluding hydrogens is 254 g/mol. The van der Waals surface area contributed by atoms with E-state index in [1.807, 2.05) is 38.1 Å². The lowest BCUT2D eigenvalue weighted by atomic mass is 9.91. The van der Waals surface area contributed by atoms with Crippen molar-refractivity contribution < 1.29 is 14.3 Å². The Morgan fingerprint density at radius 3 is 2.95 bits per heavy atom. The van der Waals surface area contributed by atoms with Crippen molar-refractivity contribution in [3.63, 3.8) is 0 Å². The van der Waals surface area contributed by atoms with Crippen LogP contribution in [0.3, 0.4) is 0 Å². The van der Waals surface area contributed by atoms with Gasteiger partial charge < -0.3 is 14.8 Å². The Hall–Kier alpha value is -1.55. The van der Waals surface area contributed by atoms with Crippen LogP contribution in [0, 0.1) is 0 Å². The molecule has 108 valence electrons. The van der Waals surface area contributed by atoms with E-state index in [1.54, 1.807) is 0 Å². The van der Waals surface area contributed by atoms with Gasteiger partial charge in [0.15, 0.2) is 0 Å². The zero-order valence-electron chi connectivity index (χ0n) is 12.0. The molecule has 1 fully saturated rings. The van der Waals surface area contributed by atoms with Crippen LogP contribution in [0.2, 0.25) is 0 Å². The average Bonchev–Trinajstić information content (AvgIpc) is 2.93. The summed E-state index contributed by atoms with van der Waals surface area (Å²) in [4.78, 5) is 12.2. The van der Waals surface area contributed by atoms with E-state index in [9.17, 15) is 4.79 Å². The van der Waals surface area contributed by atoms with Gasteiger partial charge in [0.25, 0.3) is 0 Å². The van der Waals surface area contributed by atoms with Crippen LogP contribution in [-0.4, -0.2) is 30.3 Å². The van der Waals surface area contributed by atoms with E-state index in [-0.39, 0.29) is 18.1 Å². The molecule has 0 amide bonds. The van der Waals surface area contributed by atoms with Crippen molar-refractivity contribution in [1.29, 1.82) is 0 Å². The molecule has 2 aliphatic rings. The van der Waals surface area contributed by atoms with Crippen LogP contribution in [0.5, 0.6) is 5.75 Å². The van der Waals surface area contributed by atoms with E-state index < -0.39 is 5.60 Å². The third-order valence-corrected chi connectivity index (χ3v) is 4.13. The maximum Gasteiger partial charge on any atom is 0.323 e. The normalized spacial score (nSPS) is 27.5. The Balaban J connectivity index is 1.74. The fraction of sp³-hybridized carbons (Fsp3) is 0.562. The van der Waals surface area contributed by atoms with E-state index in [1.165, 1.54) is 0 Å². The van der Waals surface area contributed by atoms with Crippen molar-refractivity contribution in [2.24, 2.45) is 0 Å². The SMILES string of the molecule is CC1(C)Oc2ccccc2CC1OC(=O)[C@@H]1CCCN1. The maximum absolute atomic E-state index is 12.2. The second-order valence-electron chi connectivity index (χ2n) is 6.09. The van der Waals surface area contributed by atoms with Gasteiger partial charge in [0.1, 0.15) is 23.5 Å². The first kappa shape index (κ1) is 13.4. The Bertz CT molecular complexity index is 506. The topological polar surface area (TPSA) is 47.6 Å². The van der Waals surface area contributed by atoms with Gasteiger partial charge in [-0.3, -0.25) is 4.79 Å². The Kier molecular flexibility index (Phi) is 3.42. The molecule has 1 saturated heterocycles. The van der Waals surface area contributed by atoms with Gasteiger partial charge in [0, 0.05) is 6.42 Å². The molecule has 1 aromatic rings. The molecule has 0 aliphatic carbocycles. The number of nitrogens with one attached hydrogen (secondary N) is 1.